The Kier molecular flexibility index (Phi) is 5.47. The quantitative estimate of drug-likeness (QED) is 0.597. The predicted octanol–water partition coefficient (Wildman–Crippen LogP) is 4.42. The minimum Gasteiger partial charge on any atom is -0.368 e. The first kappa shape index (κ1) is 18.7. The lowest BCUT2D eigenvalue weighted by molar-refractivity contribution is 0.471. The number of nitrogens with one attached hydrogen (secondary N) is 1. The molecule has 4 rings (SSSR count). The Morgan fingerprint density at radius 2 is 1.82 bits per heavy atom. The van der Waals surface area contributed by atoms with Crippen LogP contribution in [0, 0.1) is 13.8 Å². The Balaban J connectivity index is 1.52. The second kappa shape index (κ2) is 8.18. The number of nitrogens with zero attached hydrogens (tertiary/aromatic N) is 5. The molecule has 1 aliphatic carbocycles. The number of benzene rings is 1. The van der Waals surface area contributed by atoms with Crippen molar-refractivity contribution in [1.29, 1.82) is 0 Å². The summed E-state index contributed by atoms with van der Waals surface area (Å²) in [5.41, 5.74) is 9.17. The van der Waals surface area contributed by atoms with E-state index in [2.05, 4.69) is 38.7 Å². The number of para-hydroxylation sites is 1. The maximum atomic E-state index is 5.91. The summed E-state index contributed by atoms with van der Waals surface area (Å²) in [7, 11) is 0. The van der Waals surface area contributed by atoms with E-state index in [1.54, 1.807) is 11.8 Å². The molecular formula is C20H25N7S. The summed E-state index contributed by atoms with van der Waals surface area (Å²) in [4.78, 5) is 17.8. The number of anilines is 3. The third-order valence-corrected chi connectivity index (χ3v) is 6.05. The summed E-state index contributed by atoms with van der Waals surface area (Å²) in [6.45, 7) is 4.24. The molecule has 0 bridgehead atoms. The van der Waals surface area contributed by atoms with Gasteiger partial charge in [0.15, 0.2) is 5.16 Å². The Morgan fingerprint density at radius 1 is 1.07 bits per heavy atom. The summed E-state index contributed by atoms with van der Waals surface area (Å²) >= 11 is 1.66. The monoisotopic (exact) mass is 395 g/mol. The molecule has 1 fully saturated rings. The zero-order valence-corrected chi connectivity index (χ0v) is 17.0. The standard InChI is InChI=1S/C20H25N7S/c1-13-14(2)27(16-10-6-7-11-16)20(22-13)28-12-17-24-18(21)26-19(25-17)23-15-8-4-3-5-9-15/h3-5,8-9,16H,6-7,10-12H2,1-2H3,(H3,21,23,24,25,26). The van der Waals surface area contributed by atoms with Crippen LogP contribution in [0.5, 0.6) is 0 Å². The molecule has 0 saturated heterocycles. The minimum atomic E-state index is 0.218. The number of imidazole rings is 1. The fourth-order valence-corrected chi connectivity index (χ4v) is 4.64. The highest BCUT2D eigenvalue weighted by Gasteiger charge is 2.23. The molecule has 1 aliphatic rings. The van der Waals surface area contributed by atoms with Gasteiger partial charge >= 0.3 is 0 Å². The van der Waals surface area contributed by atoms with Crippen molar-refractivity contribution in [1.82, 2.24) is 24.5 Å². The number of nitrogens with two attached hydrogens (primary N) is 1. The van der Waals surface area contributed by atoms with E-state index in [1.807, 2.05) is 30.3 Å². The van der Waals surface area contributed by atoms with E-state index >= 15 is 0 Å². The van der Waals surface area contributed by atoms with Crippen LogP contribution in [0.1, 0.15) is 48.9 Å². The van der Waals surface area contributed by atoms with Crippen LogP contribution >= 0.6 is 11.8 Å². The van der Waals surface area contributed by atoms with E-state index < -0.39 is 0 Å². The molecule has 8 heteroatoms. The lowest BCUT2D eigenvalue weighted by Crippen LogP contribution is -2.09. The zero-order chi connectivity index (χ0) is 19.5. The van der Waals surface area contributed by atoms with E-state index in [9.17, 15) is 0 Å². The molecule has 1 aromatic carbocycles. The highest BCUT2D eigenvalue weighted by atomic mass is 32.2. The van der Waals surface area contributed by atoms with Gasteiger partial charge < -0.3 is 15.6 Å². The normalized spacial score (nSPS) is 14.5. The number of thioether (sulfide) groups is 1. The number of hydrogen-bond acceptors (Lipinski definition) is 7. The minimum absolute atomic E-state index is 0.218. The van der Waals surface area contributed by atoms with Gasteiger partial charge in [-0.2, -0.15) is 15.0 Å². The number of nitrogen functional groups attached to an aromatic ring is 1. The van der Waals surface area contributed by atoms with Crippen LogP contribution in [0.25, 0.3) is 0 Å². The first-order valence-electron chi connectivity index (χ1n) is 9.61. The van der Waals surface area contributed by atoms with Gasteiger partial charge in [-0.15, -0.1) is 0 Å². The van der Waals surface area contributed by atoms with Crippen molar-refractivity contribution in [2.24, 2.45) is 0 Å². The van der Waals surface area contributed by atoms with Gasteiger partial charge in [0.2, 0.25) is 11.9 Å². The van der Waals surface area contributed by atoms with Crippen LogP contribution in [0.3, 0.4) is 0 Å². The van der Waals surface area contributed by atoms with Gasteiger partial charge in [-0.25, -0.2) is 4.98 Å². The number of aromatic nitrogens is 5. The molecule has 0 spiro atoms. The summed E-state index contributed by atoms with van der Waals surface area (Å²) in [5.74, 6) is 1.92. The highest BCUT2D eigenvalue weighted by molar-refractivity contribution is 7.98. The van der Waals surface area contributed by atoms with E-state index in [0.717, 1.165) is 16.5 Å². The molecular weight excluding hydrogens is 370 g/mol. The molecule has 0 atom stereocenters. The van der Waals surface area contributed by atoms with Gasteiger partial charge in [-0.05, 0) is 38.8 Å². The second-order valence-electron chi connectivity index (χ2n) is 7.09. The number of hydrogen-bond donors (Lipinski definition) is 2. The van der Waals surface area contributed by atoms with Gasteiger partial charge in [-0.1, -0.05) is 42.8 Å². The smallest absolute Gasteiger partial charge is 0.232 e. The Morgan fingerprint density at radius 3 is 2.57 bits per heavy atom. The zero-order valence-electron chi connectivity index (χ0n) is 16.2. The van der Waals surface area contributed by atoms with Gasteiger partial charge in [0.1, 0.15) is 5.82 Å². The maximum absolute atomic E-state index is 5.91. The topological polar surface area (TPSA) is 94.5 Å². The van der Waals surface area contributed by atoms with Crippen LogP contribution < -0.4 is 11.1 Å². The summed E-state index contributed by atoms with van der Waals surface area (Å²) in [6, 6.07) is 10.3. The summed E-state index contributed by atoms with van der Waals surface area (Å²) in [5, 5.41) is 4.22. The van der Waals surface area contributed by atoms with Gasteiger partial charge in [0.05, 0.1) is 11.4 Å². The first-order chi connectivity index (χ1) is 13.6. The van der Waals surface area contributed by atoms with E-state index in [1.165, 1.54) is 31.4 Å². The van der Waals surface area contributed by atoms with Crippen LogP contribution in [0.2, 0.25) is 0 Å². The van der Waals surface area contributed by atoms with E-state index in [-0.39, 0.29) is 5.95 Å². The van der Waals surface area contributed by atoms with Crippen molar-refractivity contribution in [2.45, 2.75) is 56.5 Å². The number of aryl methyl sites for hydroxylation is 1. The van der Waals surface area contributed by atoms with Crippen LogP contribution in [0.4, 0.5) is 17.6 Å². The molecule has 7 nitrogen and oxygen atoms in total. The molecule has 3 aromatic rings. The summed E-state index contributed by atoms with van der Waals surface area (Å²) < 4.78 is 2.40. The average Bonchev–Trinajstić information content (AvgIpc) is 3.29. The second-order valence-corrected chi connectivity index (χ2v) is 8.03. The van der Waals surface area contributed by atoms with Crippen LogP contribution in [-0.4, -0.2) is 24.5 Å². The number of rotatable bonds is 6. The Labute approximate surface area is 169 Å². The fraction of sp³-hybridized carbons (Fsp3) is 0.400. The third-order valence-electron chi connectivity index (χ3n) is 5.10. The molecule has 0 aliphatic heterocycles. The maximum Gasteiger partial charge on any atom is 0.232 e. The molecule has 1 saturated carbocycles. The van der Waals surface area contributed by atoms with Crippen LogP contribution in [-0.2, 0) is 5.75 Å². The lowest BCUT2D eigenvalue weighted by atomic mass is 10.2. The van der Waals surface area contributed by atoms with Crippen molar-refractivity contribution < 1.29 is 0 Å². The molecule has 28 heavy (non-hydrogen) atoms. The molecule has 2 aromatic heterocycles. The Hall–Kier alpha value is -2.61. The molecule has 0 unspecified atom stereocenters. The van der Waals surface area contributed by atoms with Crippen molar-refractivity contribution in [2.75, 3.05) is 11.1 Å². The van der Waals surface area contributed by atoms with Crippen molar-refractivity contribution >= 4 is 29.3 Å². The van der Waals surface area contributed by atoms with Gasteiger partial charge in [0, 0.05) is 17.4 Å². The van der Waals surface area contributed by atoms with E-state index in [4.69, 9.17) is 10.7 Å². The van der Waals surface area contributed by atoms with Crippen molar-refractivity contribution in [3.63, 3.8) is 0 Å². The molecule has 0 amide bonds. The SMILES string of the molecule is Cc1nc(SCc2nc(N)nc(Nc3ccccc3)n2)n(C2CCCC2)c1C. The van der Waals surface area contributed by atoms with Crippen molar-refractivity contribution in [3.05, 3.63) is 47.5 Å². The largest absolute Gasteiger partial charge is 0.368 e. The molecule has 0 radical (unpaired) electrons. The van der Waals surface area contributed by atoms with Gasteiger partial charge in [-0.3, -0.25) is 0 Å². The van der Waals surface area contributed by atoms with E-state index in [0.29, 0.717) is 23.6 Å². The molecule has 146 valence electrons. The fourth-order valence-electron chi connectivity index (χ4n) is 3.63. The predicted molar refractivity (Wildman–Crippen MR) is 113 cm³/mol. The molecule has 2 heterocycles. The third kappa shape index (κ3) is 4.11. The highest BCUT2D eigenvalue weighted by Crippen LogP contribution is 2.36. The van der Waals surface area contributed by atoms with Crippen molar-refractivity contribution in [3.8, 4) is 0 Å². The summed E-state index contributed by atoms with van der Waals surface area (Å²) in [6.07, 6.45) is 5.05. The average molecular weight is 396 g/mol. The first-order valence-corrected chi connectivity index (χ1v) is 10.6. The molecule has 3 N–H and O–H groups in total. The Bertz CT molecular complexity index is 949. The van der Waals surface area contributed by atoms with Gasteiger partial charge in [0.25, 0.3) is 0 Å². The lowest BCUT2D eigenvalue weighted by Gasteiger charge is -2.16. The van der Waals surface area contributed by atoms with Crippen LogP contribution in [0.15, 0.2) is 35.5 Å².